The van der Waals surface area contributed by atoms with Crippen molar-refractivity contribution in [3.05, 3.63) is 23.3 Å². The SMILES string of the molecule is COc1cc2c(cc1OC)CN(C(C)C)C2. The second-order valence-corrected chi connectivity index (χ2v) is 4.47. The van der Waals surface area contributed by atoms with E-state index in [9.17, 15) is 0 Å². The van der Waals surface area contributed by atoms with Gasteiger partial charge in [0.1, 0.15) is 0 Å². The van der Waals surface area contributed by atoms with Crippen molar-refractivity contribution < 1.29 is 9.47 Å². The van der Waals surface area contributed by atoms with E-state index in [1.807, 2.05) is 0 Å². The summed E-state index contributed by atoms with van der Waals surface area (Å²) in [5.74, 6) is 1.65. The Hall–Kier alpha value is -1.22. The number of rotatable bonds is 3. The van der Waals surface area contributed by atoms with Gasteiger partial charge in [-0.15, -0.1) is 0 Å². The molecule has 1 aliphatic rings. The first-order chi connectivity index (χ1) is 7.65. The topological polar surface area (TPSA) is 21.7 Å². The third kappa shape index (κ3) is 1.87. The summed E-state index contributed by atoms with van der Waals surface area (Å²) in [5, 5.41) is 0. The Bertz CT molecular complexity index is 355. The Morgan fingerprint density at radius 1 is 1.00 bits per heavy atom. The third-order valence-corrected chi connectivity index (χ3v) is 3.18. The molecule has 0 saturated heterocycles. The highest BCUT2D eigenvalue weighted by molar-refractivity contribution is 5.48. The van der Waals surface area contributed by atoms with E-state index in [-0.39, 0.29) is 0 Å². The van der Waals surface area contributed by atoms with Crippen LogP contribution in [-0.2, 0) is 13.1 Å². The van der Waals surface area contributed by atoms with Crippen LogP contribution >= 0.6 is 0 Å². The van der Waals surface area contributed by atoms with E-state index in [1.165, 1.54) is 11.1 Å². The first kappa shape index (κ1) is 11.3. The van der Waals surface area contributed by atoms with Crippen molar-refractivity contribution in [1.29, 1.82) is 0 Å². The monoisotopic (exact) mass is 221 g/mol. The predicted octanol–water partition coefficient (Wildman–Crippen LogP) is 2.43. The maximum Gasteiger partial charge on any atom is 0.161 e. The highest BCUT2D eigenvalue weighted by atomic mass is 16.5. The van der Waals surface area contributed by atoms with E-state index < -0.39 is 0 Å². The van der Waals surface area contributed by atoms with Gasteiger partial charge in [-0.25, -0.2) is 0 Å². The number of hydrogen-bond acceptors (Lipinski definition) is 3. The number of nitrogens with zero attached hydrogens (tertiary/aromatic N) is 1. The Morgan fingerprint density at radius 2 is 1.44 bits per heavy atom. The van der Waals surface area contributed by atoms with Gasteiger partial charge >= 0.3 is 0 Å². The minimum atomic E-state index is 0.574. The van der Waals surface area contributed by atoms with Crippen molar-refractivity contribution in [1.82, 2.24) is 4.90 Å². The van der Waals surface area contributed by atoms with Crippen LogP contribution in [0.15, 0.2) is 12.1 Å². The maximum absolute atomic E-state index is 5.31. The summed E-state index contributed by atoms with van der Waals surface area (Å²) >= 11 is 0. The van der Waals surface area contributed by atoms with E-state index in [0.717, 1.165) is 24.6 Å². The molecule has 1 heterocycles. The lowest BCUT2D eigenvalue weighted by Crippen LogP contribution is -2.24. The second kappa shape index (κ2) is 4.34. The number of benzene rings is 1. The zero-order chi connectivity index (χ0) is 11.7. The lowest BCUT2D eigenvalue weighted by atomic mass is 10.1. The van der Waals surface area contributed by atoms with Crippen molar-refractivity contribution in [3.8, 4) is 11.5 Å². The van der Waals surface area contributed by atoms with E-state index in [1.54, 1.807) is 14.2 Å². The molecule has 0 amide bonds. The van der Waals surface area contributed by atoms with E-state index in [0.29, 0.717) is 6.04 Å². The summed E-state index contributed by atoms with van der Waals surface area (Å²) in [5.41, 5.74) is 2.71. The van der Waals surface area contributed by atoms with Gasteiger partial charge in [0.15, 0.2) is 11.5 Å². The van der Waals surface area contributed by atoms with Crippen LogP contribution < -0.4 is 9.47 Å². The normalized spacial score (nSPS) is 15.3. The highest BCUT2D eigenvalue weighted by Crippen LogP contribution is 2.35. The molecule has 0 spiro atoms. The van der Waals surface area contributed by atoms with Gasteiger partial charge in [0.2, 0.25) is 0 Å². The Balaban J connectivity index is 2.32. The fraction of sp³-hybridized carbons (Fsp3) is 0.538. The molecule has 1 aliphatic heterocycles. The minimum Gasteiger partial charge on any atom is -0.493 e. The molecule has 0 atom stereocenters. The fourth-order valence-electron chi connectivity index (χ4n) is 2.12. The fourth-order valence-corrected chi connectivity index (χ4v) is 2.12. The smallest absolute Gasteiger partial charge is 0.161 e. The Labute approximate surface area is 97.0 Å². The predicted molar refractivity (Wildman–Crippen MR) is 63.9 cm³/mol. The first-order valence-corrected chi connectivity index (χ1v) is 5.63. The van der Waals surface area contributed by atoms with Crippen LogP contribution in [-0.4, -0.2) is 25.2 Å². The van der Waals surface area contributed by atoms with Crippen LogP contribution in [0.2, 0.25) is 0 Å². The second-order valence-electron chi connectivity index (χ2n) is 4.47. The Morgan fingerprint density at radius 3 is 1.75 bits per heavy atom. The molecule has 0 aliphatic carbocycles. The van der Waals surface area contributed by atoms with E-state index in [4.69, 9.17) is 9.47 Å². The summed E-state index contributed by atoms with van der Waals surface area (Å²) < 4.78 is 10.6. The molecule has 3 heteroatoms. The standard InChI is InChI=1S/C13H19NO2/c1-9(2)14-7-10-5-12(15-3)13(16-4)6-11(10)8-14/h5-6,9H,7-8H2,1-4H3. The molecule has 0 unspecified atom stereocenters. The number of fused-ring (bicyclic) bond motifs is 1. The van der Waals surface area contributed by atoms with Crippen LogP contribution in [0.3, 0.4) is 0 Å². The molecule has 88 valence electrons. The summed E-state index contributed by atoms with van der Waals surface area (Å²) in [6, 6.07) is 4.76. The summed E-state index contributed by atoms with van der Waals surface area (Å²) in [6.45, 7) is 6.46. The van der Waals surface area contributed by atoms with Crippen molar-refractivity contribution >= 4 is 0 Å². The molecule has 0 aromatic heterocycles. The van der Waals surface area contributed by atoms with Gasteiger partial charge in [-0.05, 0) is 37.1 Å². The number of hydrogen-bond donors (Lipinski definition) is 0. The summed E-state index contributed by atoms with van der Waals surface area (Å²) in [6.07, 6.45) is 0. The molecule has 0 radical (unpaired) electrons. The van der Waals surface area contributed by atoms with Crippen LogP contribution in [0.5, 0.6) is 11.5 Å². The summed E-state index contributed by atoms with van der Waals surface area (Å²) in [7, 11) is 3.36. The summed E-state index contributed by atoms with van der Waals surface area (Å²) in [4.78, 5) is 2.43. The maximum atomic E-state index is 5.31. The highest BCUT2D eigenvalue weighted by Gasteiger charge is 2.23. The zero-order valence-corrected chi connectivity index (χ0v) is 10.4. The van der Waals surface area contributed by atoms with Gasteiger partial charge in [0.25, 0.3) is 0 Å². The molecular formula is C13H19NO2. The van der Waals surface area contributed by atoms with Crippen LogP contribution in [0.25, 0.3) is 0 Å². The van der Waals surface area contributed by atoms with Gasteiger partial charge in [-0.1, -0.05) is 0 Å². The van der Waals surface area contributed by atoms with Crippen molar-refractivity contribution in [2.75, 3.05) is 14.2 Å². The number of ether oxygens (including phenoxy) is 2. The Kier molecular flexibility index (Phi) is 3.06. The molecule has 1 aromatic rings. The molecular weight excluding hydrogens is 202 g/mol. The van der Waals surface area contributed by atoms with Crippen molar-refractivity contribution in [2.45, 2.75) is 33.0 Å². The van der Waals surface area contributed by atoms with Gasteiger partial charge in [0, 0.05) is 19.1 Å². The largest absolute Gasteiger partial charge is 0.493 e. The average Bonchev–Trinajstić information content (AvgIpc) is 2.69. The van der Waals surface area contributed by atoms with Gasteiger partial charge in [-0.3, -0.25) is 4.90 Å². The molecule has 0 bridgehead atoms. The number of methoxy groups -OCH3 is 2. The van der Waals surface area contributed by atoms with Crippen molar-refractivity contribution in [2.24, 2.45) is 0 Å². The quantitative estimate of drug-likeness (QED) is 0.782. The lowest BCUT2D eigenvalue weighted by molar-refractivity contribution is 0.227. The molecule has 3 nitrogen and oxygen atoms in total. The van der Waals surface area contributed by atoms with Crippen molar-refractivity contribution in [3.63, 3.8) is 0 Å². The molecule has 0 saturated carbocycles. The first-order valence-electron chi connectivity index (χ1n) is 5.63. The van der Waals surface area contributed by atoms with Crippen LogP contribution in [0.4, 0.5) is 0 Å². The zero-order valence-electron chi connectivity index (χ0n) is 10.4. The molecule has 0 N–H and O–H groups in total. The van der Waals surface area contributed by atoms with Gasteiger partial charge in [0.05, 0.1) is 14.2 Å². The molecule has 0 fully saturated rings. The van der Waals surface area contributed by atoms with Gasteiger partial charge in [-0.2, -0.15) is 0 Å². The van der Waals surface area contributed by atoms with Crippen LogP contribution in [0, 0.1) is 0 Å². The third-order valence-electron chi connectivity index (χ3n) is 3.18. The average molecular weight is 221 g/mol. The van der Waals surface area contributed by atoms with Gasteiger partial charge < -0.3 is 9.47 Å². The minimum absolute atomic E-state index is 0.574. The van der Waals surface area contributed by atoms with E-state index >= 15 is 0 Å². The van der Waals surface area contributed by atoms with E-state index in [2.05, 4.69) is 30.9 Å². The van der Waals surface area contributed by atoms with Crippen LogP contribution in [0.1, 0.15) is 25.0 Å². The molecule has 16 heavy (non-hydrogen) atoms. The molecule has 1 aromatic carbocycles. The molecule has 2 rings (SSSR count). The lowest BCUT2D eigenvalue weighted by Gasteiger charge is -2.18.